The second-order valence-electron chi connectivity index (χ2n) is 16.7. The molecule has 3 aromatic heterocycles. The van der Waals surface area contributed by atoms with Gasteiger partial charge in [0.2, 0.25) is 5.95 Å². The van der Waals surface area contributed by atoms with Crippen molar-refractivity contribution >= 4 is 55.4 Å². The first kappa shape index (κ1) is 35.5. The van der Waals surface area contributed by atoms with E-state index in [1.54, 1.807) is 0 Å². The third kappa shape index (κ3) is 4.83. The van der Waals surface area contributed by atoms with Gasteiger partial charge < -0.3 is 4.57 Å². The maximum absolute atomic E-state index is 5.42. The lowest BCUT2D eigenvalue weighted by atomic mass is 9.62. The monoisotopic (exact) mass is 833 g/mol. The second kappa shape index (κ2) is 13.5. The molecule has 1 spiro atoms. The van der Waals surface area contributed by atoms with Gasteiger partial charge in [0.25, 0.3) is 0 Å². The van der Waals surface area contributed by atoms with Crippen LogP contribution >= 0.6 is 11.8 Å². The summed E-state index contributed by atoms with van der Waals surface area (Å²) >= 11 is 1.86. The van der Waals surface area contributed by atoms with Crippen LogP contribution in [0.4, 0.5) is 0 Å². The Balaban J connectivity index is 1.09. The fourth-order valence-corrected chi connectivity index (χ4v) is 12.1. The van der Waals surface area contributed by atoms with Crippen molar-refractivity contribution in [2.24, 2.45) is 0 Å². The van der Waals surface area contributed by atoms with Gasteiger partial charge in [-0.1, -0.05) is 200 Å². The summed E-state index contributed by atoms with van der Waals surface area (Å²) in [4.78, 5) is 18.4. The van der Waals surface area contributed by atoms with Crippen LogP contribution in [0.25, 0.3) is 89.2 Å². The van der Waals surface area contributed by atoms with E-state index in [1.807, 2.05) is 36.0 Å². The van der Waals surface area contributed by atoms with E-state index in [2.05, 4.69) is 197 Å². The van der Waals surface area contributed by atoms with Crippen molar-refractivity contribution in [1.82, 2.24) is 24.1 Å². The molecule has 0 aliphatic carbocycles. The van der Waals surface area contributed by atoms with E-state index >= 15 is 0 Å². The first-order chi connectivity index (χ1) is 31.8. The summed E-state index contributed by atoms with van der Waals surface area (Å²) in [6.45, 7) is 0. The molecule has 12 aromatic rings. The number of para-hydroxylation sites is 4. The standard InChI is InChI=1S/C58H35N5S/c1-3-16-36(17-4-1)37-30-32-39(33-31-37)56-59-55(38-18-5-2-6-19-38)60-57(61-56)63-49-27-12-8-21-41(49)43-34-35-47-54(53(43)63)64-51-29-14-10-24-45(51)58(47)44-23-9-13-28-50(44)62-48-26-11-7-20-40(48)42-22-15-25-46(58)52(42)62/h1-35H. The van der Waals surface area contributed by atoms with E-state index in [1.165, 1.54) is 65.1 Å². The molecule has 64 heavy (non-hydrogen) atoms. The van der Waals surface area contributed by atoms with Gasteiger partial charge in [-0.05, 0) is 57.6 Å². The fraction of sp³-hybridized carbons (Fsp3) is 0.0172. The molecular weight excluding hydrogens is 799 g/mol. The summed E-state index contributed by atoms with van der Waals surface area (Å²) in [7, 11) is 0. The molecule has 2 aliphatic heterocycles. The second-order valence-corrected chi connectivity index (χ2v) is 17.8. The van der Waals surface area contributed by atoms with E-state index < -0.39 is 5.41 Å². The summed E-state index contributed by atoms with van der Waals surface area (Å²) < 4.78 is 4.81. The van der Waals surface area contributed by atoms with Gasteiger partial charge >= 0.3 is 0 Å². The lowest BCUT2D eigenvalue weighted by molar-refractivity contribution is 0.691. The normalized spacial score (nSPS) is 14.9. The summed E-state index contributed by atoms with van der Waals surface area (Å²) in [5.74, 6) is 1.82. The van der Waals surface area contributed by atoms with E-state index in [4.69, 9.17) is 15.0 Å². The van der Waals surface area contributed by atoms with Crippen LogP contribution in [-0.4, -0.2) is 24.1 Å². The van der Waals surface area contributed by atoms with E-state index in [-0.39, 0.29) is 0 Å². The van der Waals surface area contributed by atoms with Crippen molar-refractivity contribution < 1.29 is 0 Å². The maximum Gasteiger partial charge on any atom is 0.238 e. The highest BCUT2D eigenvalue weighted by atomic mass is 32.2. The number of benzene rings is 9. The molecule has 0 amide bonds. The van der Waals surface area contributed by atoms with Crippen LogP contribution in [0.5, 0.6) is 0 Å². The highest BCUT2D eigenvalue weighted by molar-refractivity contribution is 7.99. The zero-order chi connectivity index (χ0) is 41.9. The summed E-state index contributed by atoms with van der Waals surface area (Å²) in [5, 5.41) is 4.83. The molecule has 5 nitrogen and oxygen atoms in total. The van der Waals surface area contributed by atoms with Gasteiger partial charge in [-0.15, -0.1) is 0 Å². The molecular formula is C58H35N5S. The number of aromatic nitrogens is 5. The zero-order valence-electron chi connectivity index (χ0n) is 34.4. The van der Waals surface area contributed by atoms with Gasteiger partial charge in [0.05, 0.1) is 33.2 Å². The Hall–Kier alpha value is -8.06. The lowest BCUT2D eigenvalue weighted by Crippen LogP contribution is -2.37. The number of hydrogen-bond acceptors (Lipinski definition) is 4. The molecule has 6 heteroatoms. The highest BCUT2D eigenvalue weighted by Gasteiger charge is 2.50. The van der Waals surface area contributed by atoms with Crippen LogP contribution in [0.3, 0.4) is 0 Å². The minimum absolute atomic E-state index is 0.579. The molecule has 298 valence electrons. The third-order valence-corrected chi connectivity index (χ3v) is 14.6. The van der Waals surface area contributed by atoms with Crippen molar-refractivity contribution in [3.8, 4) is 45.5 Å². The Morgan fingerprint density at radius 1 is 0.344 bits per heavy atom. The largest absolute Gasteiger partial charge is 0.309 e. The Kier molecular flexibility index (Phi) is 7.48. The molecule has 14 rings (SSSR count). The van der Waals surface area contributed by atoms with Crippen LogP contribution in [0, 0.1) is 0 Å². The van der Waals surface area contributed by atoms with Gasteiger partial charge in [0, 0.05) is 42.5 Å². The lowest BCUT2D eigenvalue weighted by Gasteiger charge is -2.45. The smallest absolute Gasteiger partial charge is 0.238 e. The Bertz CT molecular complexity index is 3870. The quantitative estimate of drug-likeness (QED) is 0.177. The van der Waals surface area contributed by atoms with E-state index in [0.717, 1.165) is 38.5 Å². The molecule has 2 aliphatic rings. The van der Waals surface area contributed by atoms with Gasteiger partial charge in [-0.25, -0.2) is 4.98 Å². The average Bonchev–Trinajstić information content (AvgIpc) is 3.90. The number of rotatable bonds is 4. The Morgan fingerprint density at radius 3 is 1.62 bits per heavy atom. The SMILES string of the molecule is c1ccc(-c2ccc(-c3nc(-c4ccccc4)nc(-n4c5ccccc5c5ccc6c(c54)Sc4ccccc4C64c5ccccc5-n5c6ccccc6c6cccc4c65)n3)cc2)cc1. The summed E-state index contributed by atoms with van der Waals surface area (Å²) in [6, 6.07) is 76.6. The molecule has 0 saturated heterocycles. The summed E-state index contributed by atoms with van der Waals surface area (Å²) in [5.41, 5.74) is 14.4. The van der Waals surface area contributed by atoms with Crippen molar-refractivity contribution in [3.63, 3.8) is 0 Å². The van der Waals surface area contributed by atoms with Gasteiger partial charge in [-0.3, -0.25) is 4.57 Å². The van der Waals surface area contributed by atoms with Gasteiger partial charge in [0.1, 0.15) is 0 Å². The molecule has 0 N–H and O–H groups in total. The molecule has 5 heterocycles. The molecule has 9 aromatic carbocycles. The first-order valence-electron chi connectivity index (χ1n) is 21.7. The molecule has 0 radical (unpaired) electrons. The summed E-state index contributed by atoms with van der Waals surface area (Å²) in [6.07, 6.45) is 0. The topological polar surface area (TPSA) is 48.5 Å². The number of nitrogens with zero attached hydrogens (tertiary/aromatic N) is 5. The molecule has 0 fully saturated rings. The zero-order valence-corrected chi connectivity index (χ0v) is 35.2. The van der Waals surface area contributed by atoms with Crippen LogP contribution in [0.2, 0.25) is 0 Å². The van der Waals surface area contributed by atoms with Crippen molar-refractivity contribution in [2.75, 3.05) is 0 Å². The molecule has 0 saturated carbocycles. The Labute approximate surface area is 373 Å². The predicted molar refractivity (Wildman–Crippen MR) is 261 cm³/mol. The van der Waals surface area contributed by atoms with Crippen LogP contribution in [0.1, 0.15) is 22.3 Å². The minimum atomic E-state index is -0.632. The Morgan fingerprint density at radius 2 is 0.875 bits per heavy atom. The molecule has 1 unspecified atom stereocenters. The highest BCUT2D eigenvalue weighted by Crippen LogP contribution is 2.62. The van der Waals surface area contributed by atoms with Crippen molar-refractivity contribution in [1.29, 1.82) is 0 Å². The van der Waals surface area contributed by atoms with E-state index in [0.29, 0.717) is 17.6 Å². The maximum atomic E-state index is 5.42. The van der Waals surface area contributed by atoms with E-state index in [9.17, 15) is 0 Å². The minimum Gasteiger partial charge on any atom is -0.309 e. The first-order valence-corrected chi connectivity index (χ1v) is 22.5. The number of hydrogen-bond donors (Lipinski definition) is 0. The van der Waals surface area contributed by atoms with Crippen molar-refractivity contribution in [2.45, 2.75) is 15.2 Å². The van der Waals surface area contributed by atoms with Gasteiger partial charge in [0.15, 0.2) is 11.6 Å². The predicted octanol–water partition coefficient (Wildman–Crippen LogP) is 14.2. The molecule has 0 bridgehead atoms. The molecule has 1 atom stereocenters. The van der Waals surface area contributed by atoms with Crippen LogP contribution in [-0.2, 0) is 5.41 Å². The van der Waals surface area contributed by atoms with Crippen molar-refractivity contribution in [3.05, 3.63) is 235 Å². The third-order valence-electron chi connectivity index (χ3n) is 13.5. The van der Waals surface area contributed by atoms with Gasteiger partial charge in [-0.2, -0.15) is 9.97 Å². The van der Waals surface area contributed by atoms with Crippen LogP contribution < -0.4 is 0 Å². The average molecular weight is 834 g/mol. The number of fused-ring (bicyclic) bond motifs is 15. The fourth-order valence-electron chi connectivity index (χ4n) is 10.8. The van der Waals surface area contributed by atoms with Crippen LogP contribution in [0.15, 0.2) is 222 Å².